The van der Waals surface area contributed by atoms with Gasteiger partial charge in [-0.25, -0.2) is 24.3 Å². The molecule has 5 aromatic rings. The first kappa shape index (κ1) is 28.2. The number of amides is 1. The average Bonchev–Trinajstić information content (AvgIpc) is 3.43. The molecule has 4 heterocycles. The molecule has 11 nitrogen and oxygen atoms in total. The van der Waals surface area contributed by atoms with E-state index in [4.69, 9.17) is 14.2 Å². The van der Waals surface area contributed by atoms with E-state index in [2.05, 4.69) is 32.3 Å². The molecule has 0 radical (unpaired) electrons. The first-order valence-electron chi connectivity index (χ1n) is 14.4. The fraction of sp³-hybridized carbons (Fsp3) is 0.344. The number of nitrogens with one attached hydrogen (secondary N) is 1. The molecule has 43 heavy (non-hydrogen) atoms. The van der Waals surface area contributed by atoms with Gasteiger partial charge >= 0.3 is 6.09 Å². The molecule has 11 heteroatoms. The number of carbonyl (C=O) groups excluding carboxylic acids is 1. The molecule has 0 aliphatic carbocycles. The quantitative estimate of drug-likeness (QED) is 0.239. The van der Waals surface area contributed by atoms with Crippen LogP contribution in [0.3, 0.4) is 0 Å². The third-order valence-corrected chi connectivity index (χ3v) is 7.35. The van der Waals surface area contributed by atoms with Crippen LogP contribution in [-0.2, 0) is 4.74 Å². The van der Waals surface area contributed by atoms with Gasteiger partial charge in [-0.1, -0.05) is 6.92 Å². The van der Waals surface area contributed by atoms with E-state index in [1.807, 2.05) is 82.4 Å². The number of benzene rings is 2. The van der Waals surface area contributed by atoms with Gasteiger partial charge in [-0.3, -0.25) is 0 Å². The number of fused-ring (bicyclic) bond motifs is 2. The van der Waals surface area contributed by atoms with Gasteiger partial charge in [0.25, 0.3) is 0 Å². The van der Waals surface area contributed by atoms with Crippen molar-refractivity contribution < 1.29 is 19.0 Å². The average molecular weight is 582 g/mol. The lowest BCUT2D eigenvalue weighted by Crippen LogP contribution is -2.49. The molecular weight excluding hydrogens is 546 g/mol. The molecule has 1 fully saturated rings. The van der Waals surface area contributed by atoms with Crippen LogP contribution in [0.15, 0.2) is 67.4 Å². The maximum Gasteiger partial charge on any atom is 0.410 e. The van der Waals surface area contributed by atoms with Gasteiger partial charge in [0.1, 0.15) is 47.4 Å². The lowest BCUT2D eigenvalue weighted by atomic mass is 9.96. The van der Waals surface area contributed by atoms with E-state index in [-0.39, 0.29) is 18.1 Å². The van der Waals surface area contributed by atoms with E-state index in [0.717, 1.165) is 34.3 Å². The van der Waals surface area contributed by atoms with Gasteiger partial charge in [-0.15, -0.1) is 0 Å². The molecule has 0 bridgehead atoms. The van der Waals surface area contributed by atoms with Gasteiger partial charge in [-0.05, 0) is 88.1 Å². The van der Waals surface area contributed by atoms with Crippen LogP contribution in [-0.4, -0.2) is 60.4 Å². The van der Waals surface area contributed by atoms with Gasteiger partial charge in [0.2, 0.25) is 0 Å². The van der Waals surface area contributed by atoms with Crippen LogP contribution in [0.25, 0.3) is 16.6 Å². The Hall–Kier alpha value is -4.93. The van der Waals surface area contributed by atoms with E-state index >= 15 is 0 Å². The number of hydrogen-bond donors (Lipinski definition) is 1. The van der Waals surface area contributed by atoms with E-state index in [9.17, 15) is 4.79 Å². The predicted octanol–water partition coefficient (Wildman–Crippen LogP) is 6.54. The highest BCUT2D eigenvalue weighted by atomic mass is 16.6. The number of piperidine rings is 1. The molecule has 1 N–H and O–H groups in total. The second-order valence-corrected chi connectivity index (χ2v) is 11.9. The molecule has 6 rings (SSSR count). The van der Waals surface area contributed by atoms with Crippen LogP contribution in [0.5, 0.6) is 17.2 Å². The summed E-state index contributed by atoms with van der Waals surface area (Å²) in [6.45, 7) is 10.9. The summed E-state index contributed by atoms with van der Waals surface area (Å²) in [6, 6.07) is 15.3. The molecular formula is C32H35N7O4. The zero-order valence-corrected chi connectivity index (χ0v) is 24.9. The third kappa shape index (κ3) is 6.45. The number of hydrogen-bond acceptors (Lipinski definition) is 9. The highest BCUT2D eigenvalue weighted by molar-refractivity contribution is 5.91. The van der Waals surface area contributed by atoms with Crippen molar-refractivity contribution in [2.45, 2.75) is 52.7 Å². The Morgan fingerprint density at radius 2 is 1.86 bits per heavy atom. The summed E-state index contributed by atoms with van der Waals surface area (Å²) in [4.78, 5) is 27.6. The fourth-order valence-corrected chi connectivity index (χ4v) is 5.03. The monoisotopic (exact) mass is 581 g/mol. The summed E-state index contributed by atoms with van der Waals surface area (Å²) in [5.74, 6) is 3.05. The van der Waals surface area contributed by atoms with Gasteiger partial charge in [0.15, 0.2) is 5.65 Å². The maximum atomic E-state index is 12.7. The van der Waals surface area contributed by atoms with Crippen molar-refractivity contribution in [2.75, 3.05) is 18.4 Å². The highest BCUT2D eigenvalue weighted by Crippen LogP contribution is 2.32. The number of carbonyl (C=O) groups is 1. The van der Waals surface area contributed by atoms with Crippen molar-refractivity contribution in [1.29, 1.82) is 0 Å². The molecule has 1 unspecified atom stereocenters. The Morgan fingerprint density at radius 1 is 1.00 bits per heavy atom. The van der Waals surface area contributed by atoms with E-state index in [0.29, 0.717) is 36.1 Å². The predicted molar refractivity (Wildman–Crippen MR) is 163 cm³/mol. The normalized spacial score (nSPS) is 17.2. The Kier molecular flexibility index (Phi) is 7.47. The van der Waals surface area contributed by atoms with Crippen LogP contribution in [0, 0.1) is 12.8 Å². The summed E-state index contributed by atoms with van der Waals surface area (Å²) >= 11 is 0. The molecule has 1 amide bonds. The first-order valence-corrected chi connectivity index (χ1v) is 14.4. The molecule has 0 spiro atoms. The number of rotatable bonds is 6. The second kappa shape index (κ2) is 11.4. The number of aromatic nitrogens is 5. The minimum atomic E-state index is -0.544. The number of nitrogens with zero attached hydrogens (tertiary/aromatic N) is 6. The van der Waals surface area contributed by atoms with Gasteiger partial charge < -0.3 is 24.4 Å². The second-order valence-electron chi connectivity index (χ2n) is 11.9. The van der Waals surface area contributed by atoms with Crippen molar-refractivity contribution in [3.8, 4) is 17.2 Å². The summed E-state index contributed by atoms with van der Waals surface area (Å²) in [5.41, 5.74) is 2.77. The third-order valence-electron chi connectivity index (χ3n) is 7.35. The van der Waals surface area contributed by atoms with E-state index in [1.54, 1.807) is 9.42 Å². The summed E-state index contributed by atoms with van der Waals surface area (Å²) in [6.07, 6.45) is 5.22. The van der Waals surface area contributed by atoms with Crippen LogP contribution in [0.1, 0.15) is 39.7 Å². The zero-order chi connectivity index (χ0) is 30.1. The Labute approximate surface area is 249 Å². The number of pyridine rings is 1. The first-order chi connectivity index (χ1) is 20.6. The standard InChI is InChI=1S/C32H35N7O4/c1-20-10-12-38(31(40)43-32(3,4)5)17-28(20)42-23-7-8-26-25(15-23)30(35-18-33-26)37-22-6-9-27(21(2)14-22)41-24-11-13-39-29(16-24)34-19-36-39/h6-9,11,13-16,18-20,28H,10,12,17H2,1-5H3,(H,33,35,37)/t20?,28-/m0/s1. The maximum absolute atomic E-state index is 12.7. The molecule has 1 saturated heterocycles. The summed E-state index contributed by atoms with van der Waals surface area (Å²) < 4.78 is 19.8. The van der Waals surface area contributed by atoms with Gasteiger partial charge in [-0.2, -0.15) is 5.10 Å². The Bertz CT molecular complexity index is 1780. The van der Waals surface area contributed by atoms with E-state index in [1.165, 1.54) is 12.7 Å². The van der Waals surface area contributed by atoms with E-state index < -0.39 is 5.60 Å². The Balaban J connectivity index is 1.18. The molecule has 0 saturated carbocycles. The Morgan fingerprint density at radius 3 is 2.67 bits per heavy atom. The van der Waals surface area contributed by atoms with Crippen LogP contribution in [0.4, 0.5) is 16.3 Å². The van der Waals surface area contributed by atoms with Gasteiger partial charge in [0.05, 0.1) is 12.1 Å². The van der Waals surface area contributed by atoms with Crippen LogP contribution in [0.2, 0.25) is 0 Å². The van der Waals surface area contributed by atoms with Crippen molar-refractivity contribution in [1.82, 2.24) is 29.5 Å². The van der Waals surface area contributed by atoms with Crippen molar-refractivity contribution in [3.63, 3.8) is 0 Å². The molecule has 1 aliphatic rings. The lowest BCUT2D eigenvalue weighted by Gasteiger charge is -2.37. The smallest absolute Gasteiger partial charge is 0.410 e. The number of aryl methyl sites for hydroxylation is 1. The largest absolute Gasteiger partial charge is 0.488 e. The summed E-state index contributed by atoms with van der Waals surface area (Å²) in [7, 11) is 0. The molecule has 1 aliphatic heterocycles. The van der Waals surface area contributed by atoms with Crippen LogP contribution >= 0.6 is 0 Å². The van der Waals surface area contributed by atoms with Crippen molar-refractivity contribution in [3.05, 3.63) is 72.9 Å². The highest BCUT2D eigenvalue weighted by Gasteiger charge is 2.32. The number of likely N-dealkylation sites (tertiary alicyclic amines) is 1. The SMILES string of the molecule is Cc1cc(Nc2ncnc3ccc(O[C@H]4CN(C(=O)OC(C)(C)C)CCC4C)cc23)ccc1Oc1ccn2ncnc2c1. The molecule has 3 aromatic heterocycles. The zero-order valence-electron chi connectivity index (χ0n) is 24.9. The minimum absolute atomic E-state index is 0.166. The molecule has 2 aromatic carbocycles. The summed E-state index contributed by atoms with van der Waals surface area (Å²) in [5, 5.41) is 8.38. The van der Waals surface area contributed by atoms with Crippen molar-refractivity contribution >= 4 is 34.1 Å². The van der Waals surface area contributed by atoms with Crippen LogP contribution < -0.4 is 14.8 Å². The molecule has 222 valence electrons. The lowest BCUT2D eigenvalue weighted by molar-refractivity contribution is -0.00303. The number of ether oxygens (including phenoxy) is 3. The topological polar surface area (TPSA) is 116 Å². The molecule has 2 atom stereocenters. The minimum Gasteiger partial charge on any atom is -0.488 e. The number of anilines is 2. The van der Waals surface area contributed by atoms with Crippen molar-refractivity contribution in [2.24, 2.45) is 5.92 Å². The fourth-order valence-electron chi connectivity index (χ4n) is 5.03. The van der Waals surface area contributed by atoms with Gasteiger partial charge in [0, 0.05) is 29.9 Å².